The van der Waals surface area contributed by atoms with Crippen LogP contribution in [0, 0.1) is 11.2 Å². The molecule has 3 atom stereocenters. The third-order valence-electron chi connectivity index (χ3n) is 10.7. The number of ether oxygens (including phenoxy) is 3. The molecule has 5 aliphatic heterocycles. The van der Waals surface area contributed by atoms with E-state index < -0.39 is 11.6 Å². The van der Waals surface area contributed by atoms with Crippen molar-refractivity contribution >= 4 is 17.7 Å². The molecule has 11 heteroatoms. The highest BCUT2D eigenvalue weighted by Gasteiger charge is 2.55. The van der Waals surface area contributed by atoms with E-state index in [9.17, 15) is 9.59 Å². The number of aromatic nitrogens is 2. The molecular weight excluding hydrogens is 637 g/mol. The van der Waals surface area contributed by atoms with Gasteiger partial charge in [-0.1, -0.05) is 26.0 Å². The van der Waals surface area contributed by atoms with Crippen LogP contribution in [-0.2, 0) is 38.5 Å². The summed E-state index contributed by atoms with van der Waals surface area (Å²) in [4.78, 5) is 36.5. The first-order valence-corrected chi connectivity index (χ1v) is 18.3. The van der Waals surface area contributed by atoms with Crippen LogP contribution in [0.2, 0.25) is 0 Å². The fourth-order valence-electron chi connectivity index (χ4n) is 8.14. The molecule has 6 heterocycles. The highest BCUT2D eigenvalue weighted by molar-refractivity contribution is 5.78. The van der Waals surface area contributed by atoms with E-state index in [1.54, 1.807) is 19.3 Å². The lowest BCUT2D eigenvalue weighted by Gasteiger charge is -2.54. The van der Waals surface area contributed by atoms with Gasteiger partial charge in [-0.3, -0.25) is 4.90 Å². The zero-order chi connectivity index (χ0) is 35.4. The number of anilines is 1. The predicted octanol–water partition coefficient (Wildman–Crippen LogP) is 7.02. The van der Waals surface area contributed by atoms with Crippen molar-refractivity contribution < 1.29 is 28.2 Å². The molecule has 0 bridgehead atoms. The van der Waals surface area contributed by atoms with E-state index in [4.69, 9.17) is 14.2 Å². The molecule has 3 aromatic rings. The van der Waals surface area contributed by atoms with E-state index >= 15 is 4.39 Å². The molecule has 1 amide bonds. The number of halogens is 1. The minimum Gasteiger partial charge on any atom is -0.465 e. The second-order valence-electron chi connectivity index (χ2n) is 15.0. The van der Waals surface area contributed by atoms with E-state index in [1.165, 1.54) is 0 Å². The highest BCUT2D eigenvalue weighted by Crippen LogP contribution is 2.52. The van der Waals surface area contributed by atoms with Crippen LogP contribution in [0.25, 0.3) is 11.1 Å². The van der Waals surface area contributed by atoms with Crippen molar-refractivity contribution in [1.82, 2.24) is 19.4 Å². The monoisotopic (exact) mass is 687 g/mol. The van der Waals surface area contributed by atoms with Gasteiger partial charge in [0, 0.05) is 61.6 Å². The topological polar surface area (TPSA) is 92.7 Å². The first kappa shape index (κ1) is 34.5. The number of esters is 1. The summed E-state index contributed by atoms with van der Waals surface area (Å²) >= 11 is 0. The van der Waals surface area contributed by atoms with Crippen LogP contribution >= 0.6 is 0 Å². The summed E-state index contributed by atoms with van der Waals surface area (Å²) in [7, 11) is 0. The standard InChI is InChI=1S/C37H44FN5O5.C2H6/c1-5-46-34(44)31(30-29-7-6-14-41(29)22-39-30)43-19-27-26(32-33(43)47-32)17-24(18-28(27)38)23-8-10-25(11-9-23)40-15-12-37(13-16-40)20-42(21-37)35(45)48-36(2,3)4;1-2/h8-11,17-18,22,31-33H,5-7,12-16,19-21H2,1-4H3;1-2H3. The Kier molecular flexibility index (Phi) is 9.17. The van der Waals surface area contributed by atoms with Crippen molar-refractivity contribution in [3.63, 3.8) is 0 Å². The number of carbonyl (C=O) groups excluding carboxylic acids is 2. The number of amides is 1. The number of hydrogen-bond acceptors (Lipinski definition) is 8. The van der Waals surface area contributed by atoms with Crippen LogP contribution in [0.15, 0.2) is 42.7 Å². The molecule has 3 fully saturated rings. The van der Waals surface area contributed by atoms with Gasteiger partial charge in [-0.05, 0) is 94.3 Å². The quantitative estimate of drug-likeness (QED) is 0.202. The fraction of sp³-hybridized carbons (Fsp3) is 0.564. The summed E-state index contributed by atoms with van der Waals surface area (Å²) in [6.07, 6.45) is 4.86. The molecule has 3 unspecified atom stereocenters. The van der Waals surface area contributed by atoms with Crippen LogP contribution in [0.3, 0.4) is 0 Å². The van der Waals surface area contributed by atoms with Crippen molar-refractivity contribution in [3.05, 3.63) is 71.1 Å². The summed E-state index contributed by atoms with van der Waals surface area (Å²) in [5, 5.41) is 0. The minimum absolute atomic E-state index is 0.182. The molecule has 50 heavy (non-hydrogen) atoms. The number of nitrogens with zero attached hydrogens (tertiary/aromatic N) is 5. The predicted molar refractivity (Wildman–Crippen MR) is 188 cm³/mol. The Hall–Kier alpha value is -3.96. The number of fused-ring (bicyclic) bond motifs is 4. The van der Waals surface area contributed by atoms with Crippen molar-refractivity contribution in [2.45, 2.75) is 104 Å². The van der Waals surface area contributed by atoms with E-state index in [-0.39, 0.29) is 48.8 Å². The van der Waals surface area contributed by atoms with Gasteiger partial charge < -0.3 is 28.6 Å². The number of hydrogen-bond donors (Lipinski definition) is 0. The smallest absolute Gasteiger partial charge is 0.410 e. The van der Waals surface area contributed by atoms with Crippen LogP contribution in [-0.4, -0.2) is 76.0 Å². The third kappa shape index (κ3) is 6.38. The number of likely N-dealkylation sites (tertiary alicyclic amines) is 1. The van der Waals surface area contributed by atoms with Gasteiger partial charge in [0.25, 0.3) is 0 Å². The number of aryl methyl sites for hydroxylation is 1. The Morgan fingerprint density at radius 1 is 1.06 bits per heavy atom. The molecule has 0 saturated carbocycles. The van der Waals surface area contributed by atoms with Crippen molar-refractivity contribution in [2.24, 2.45) is 5.41 Å². The molecule has 5 aliphatic rings. The number of rotatable bonds is 6. The van der Waals surface area contributed by atoms with Gasteiger partial charge in [-0.15, -0.1) is 0 Å². The highest BCUT2D eigenvalue weighted by atomic mass is 19.1. The summed E-state index contributed by atoms with van der Waals surface area (Å²) < 4.78 is 35.2. The fourth-order valence-corrected chi connectivity index (χ4v) is 8.14. The van der Waals surface area contributed by atoms with E-state index in [0.717, 1.165) is 86.5 Å². The molecule has 3 saturated heterocycles. The van der Waals surface area contributed by atoms with Gasteiger partial charge in [0.05, 0.1) is 18.6 Å². The maximum Gasteiger partial charge on any atom is 0.410 e. The number of epoxide rings is 1. The van der Waals surface area contributed by atoms with E-state index in [1.807, 2.05) is 50.5 Å². The van der Waals surface area contributed by atoms with Crippen molar-refractivity contribution in [2.75, 3.05) is 37.7 Å². The summed E-state index contributed by atoms with van der Waals surface area (Å²) in [6.45, 7) is 16.3. The lowest BCUT2D eigenvalue weighted by molar-refractivity contribution is -0.151. The maximum absolute atomic E-state index is 15.9. The van der Waals surface area contributed by atoms with Crippen molar-refractivity contribution in [1.29, 1.82) is 0 Å². The summed E-state index contributed by atoms with van der Waals surface area (Å²) in [6, 6.07) is 11.2. The maximum atomic E-state index is 15.9. The molecule has 0 radical (unpaired) electrons. The van der Waals surface area contributed by atoms with Gasteiger partial charge in [0.1, 0.15) is 23.8 Å². The zero-order valence-corrected chi connectivity index (χ0v) is 30.2. The second-order valence-corrected chi connectivity index (χ2v) is 15.0. The number of piperidine rings is 1. The Morgan fingerprint density at radius 2 is 1.78 bits per heavy atom. The van der Waals surface area contributed by atoms with Crippen LogP contribution in [0.5, 0.6) is 0 Å². The molecule has 1 aromatic heterocycles. The number of imidazole rings is 1. The molecule has 1 spiro atoms. The van der Waals surface area contributed by atoms with E-state index in [2.05, 4.69) is 38.7 Å². The van der Waals surface area contributed by atoms with Crippen molar-refractivity contribution in [3.8, 4) is 11.1 Å². The SMILES string of the molecule is CC.CCOC(=O)C(c1ncn2c1CCC2)N1Cc2c(F)cc(-c3ccc(N4CCC5(CC4)CN(C(=O)OC(C)(C)C)C5)cc3)cc2C2OC21. The molecular formula is C39H50FN5O5. The molecule has 0 N–H and O–H groups in total. The molecule has 8 rings (SSSR count). The third-order valence-corrected chi connectivity index (χ3v) is 10.7. The average Bonchev–Trinajstić information content (AvgIpc) is 3.60. The van der Waals surface area contributed by atoms with Gasteiger partial charge in [0.2, 0.25) is 0 Å². The average molecular weight is 688 g/mol. The zero-order valence-electron chi connectivity index (χ0n) is 30.2. The number of benzene rings is 2. The van der Waals surface area contributed by atoms with Gasteiger partial charge in [-0.25, -0.2) is 19.0 Å². The lowest BCUT2D eigenvalue weighted by atomic mass is 9.72. The first-order valence-electron chi connectivity index (χ1n) is 18.3. The summed E-state index contributed by atoms with van der Waals surface area (Å²) in [5.41, 5.74) is 5.74. The normalized spacial score (nSPS) is 22.4. The number of carbonyl (C=O) groups is 2. The molecule has 10 nitrogen and oxygen atoms in total. The van der Waals surface area contributed by atoms with Crippen LogP contribution in [0.1, 0.15) is 95.5 Å². The van der Waals surface area contributed by atoms with Gasteiger partial charge >= 0.3 is 12.1 Å². The Balaban J connectivity index is 0.00000193. The van der Waals surface area contributed by atoms with Crippen LogP contribution < -0.4 is 4.90 Å². The van der Waals surface area contributed by atoms with E-state index in [0.29, 0.717) is 11.3 Å². The molecule has 0 aliphatic carbocycles. The second kappa shape index (κ2) is 13.3. The van der Waals surface area contributed by atoms with Crippen LogP contribution in [0.4, 0.5) is 14.9 Å². The minimum atomic E-state index is -0.744. The van der Waals surface area contributed by atoms with Gasteiger partial charge in [-0.2, -0.15) is 0 Å². The molecule has 268 valence electrons. The largest absolute Gasteiger partial charge is 0.465 e. The lowest BCUT2D eigenvalue weighted by Crippen LogP contribution is -2.62. The summed E-state index contributed by atoms with van der Waals surface area (Å²) in [5.74, 6) is -0.675. The Labute approximate surface area is 294 Å². The molecule has 2 aromatic carbocycles. The first-order chi connectivity index (χ1) is 24.0. The Bertz CT molecular complexity index is 1730. The Morgan fingerprint density at radius 3 is 2.46 bits per heavy atom. The van der Waals surface area contributed by atoms with Gasteiger partial charge in [0.15, 0.2) is 6.04 Å².